The van der Waals surface area contributed by atoms with Crippen LogP contribution in [-0.4, -0.2) is 36.5 Å². The number of carbonyl (C=O) groups excluding carboxylic acids is 3. The first-order chi connectivity index (χ1) is 14.3. The van der Waals surface area contributed by atoms with Crippen LogP contribution in [0.25, 0.3) is 11.3 Å². The van der Waals surface area contributed by atoms with E-state index in [0.717, 1.165) is 16.9 Å². The molecule has 0 saturated heterocycles. The van der Waals surface area contributed by atoms with Gasteiger partial charge in [-0.05, 0) is 50.6 Å². The number of methoxy groups -OCH3 is 1. The summed E-state index contributed by atoms with van der Waals surface area (Å²) in [5.74, 6) is -0.280. The third-order valence-electron chi connectivity index (χ3n) is 4.29. The van der Waals surface area contributed by atoms with Crippen LogP contribution in [0.5, 0.6) is 5.75 Å². The van der Waals surface area contributed by atoms with Crippen LogP contribution in [0.4, 0.5) is 5.00 Å². The molecule has 0 saturated carbocycles. The Kier molecular flexibility index (Phi) is 6.31. The molecule has 3 rings (SSSR count). The van der Waals surface area contributed by atoms with Gasteiger partial charge in [-0.25, -0.2) is 4.79 Å². The second-order valence-electron chi connectivity index (χ2n) is 6.30. The Morgan fingerprint density at radius 2 is 1.90 bits per heavy atom. The van der Waals surface area contributed by atoms with Gasteiger partial charge in [0.05, 0.1) is 24.2 Å². The number of esters is 1. The summed E-state index contributed by atoms with van der Waals surface area (Å²) >= 11 is 1.02. The van der Waals surface area contributed by atoms with Gasteiger partial charge in [0.25, 0.3) is 5.91 Å². The maximum atomic E-state index is 12.7. The minimum Gasteiger partial charge on any atom is -0.497 e. The largest absolute Gasteiger partial charge is 0.497 e. The first kappa shape index (κ1) is 21.3. The number of nitrogens with one attached hydrogen (secondary N) is 1. The minimum absolute atomic E-state index is 0.0334. The molecule has 156 valence electrons. The summed E-state index contributed by atoms with van der Waals surface area (Å²) in [6.45, 7) is 4.90. The van der Waals surface area contributed by atoms with Gasteiger partial charge in [0, 0.05) is 11.6 Å². The molecule has 0 bridgehead atoms. The molecule has 0 aliphatic carbocycles. The lowest BCUT2D eigenvalue weighted by Gasteiger charge is -2.05. The number of rotatable bonds is 7. The summed E-state index contributed by atoms with van der Waals surface area (Å²) in [6.07, 6.45) is 0. The van der Waals surface area contributed by atoms with Crippen molar-refractivity contribution >= 4 is 34.0 Å². The molecule has 0 unspecified atom stereocenters. The molecule has 2 aromatic heterocycles. The van der Waals surface area contributed by atoms with E-state index in [-0.39, 0.29) is 28.6 Å². The normalized spacial score (nSPS) is 10.5. The second kappa shape index (κ2) is 8.91. The van der Waals surface area contributed by atoms with Gasteiger partial charge in [0.15, 0.2) is 17.2 Å². The van der Waals surface area contributed by atoms with Gasteiger partial charge in [0.2, 0.25) is 0 Å². The van der Waals surface area contributed by atoms with Crippen LogP contribution in [0.15, 0.2) is 34.9 Å². The van der Waals surface area contributed by atoms with Gasteiger partial charge in [-0.2, -0.15) is 0 Å². The number of hydrogen-bond donors (Lipinski definition) is 1. The highest BCUT2D eigenvalue weighted by atomic mass is 32.1. The van der Waals surface area contributed by atoms with E-state index in [1.165, 1.54) is 13.0 Å². The predicted molar refractivity (Wildman–Crippen MR) is 111 cm³/mol. The topological polar surface area (TPSA) is 108 Å². The molecule has 0 aliphatic heterocycles. The first-order valence-corrected chi connectivity index (χ1v) is 9.91. The first-order valence-electron chi connectivity index (χ1n) is 9.09. The molecular formula is C21H20N2O6S. The fourth-order valence-electron chi connectivity index (χ4n) is 2.83. The van der Waals surface area contributed by atoms with Gasteiger partial charge < -0.3 is 19.3 Å². The third kappa shape index (κ3) is 4.25. The van der Waals surface area contributed by atoms with Crippen LogP contribution in [-0.2, 0) is 4.74 Å². The van der Waals surface area contributed by atoms with Gasteiger partial charge in [-0.15, -0.1) is 11.3 Å². The average Bonchev–Trinajstić information content (AvgIpc) is 3.33. The fourth-order valence-corrected chi connectivity index (χ4v) is 3.91. The number of hydrogen-bond acceptors (Lipinski definition) is 8. The van der Waals surface area contributed by atoms with E-state index in [2.05, 4.69) is 10.5 Å². The lowest BCUT2D eigenvalue weighted by molar-refractivity contribution is 0.0527. The number of aromatic nitrogens is 1. The van der Waals surface area contributed by atoms with Crippen LogP contribution >= 0.6 is 11.3 Å². The zero-order valence-corrected chi connectivity index (χ0v) is 17.7. The highest BCUT2D eigenvalue weighted by Gasteiger charge is 2.26. The molecule has 8 nitrogen and oxygen atoms in total. The van der Waals surface area contributed by atoms with E-state index in [0.29, 0.717) is 22.0 Å². The lowest BCUT2D eigenvalue weighted by Crippen LogP contribution is -2.15. The molecule has 2 heterocycles. The second-order valence-corrected chi connectivity index (χ2v) is 7.32. The fraction of sp³-hybridized carbons (Fsp3) is 0.238. The molecule has 1 N–H and O–H groups in total. The SMILES string of the molecule is CCOC(=O)c1c(NC(=O)c2cc(-c3ccc(OC)cc3)on2)sc(C(C)=O)c1C. The van der Waals surface area contributed by atoms with Crippen LogP contribution in [0.1, 0.15) is 49.9 Å². The molecule has 0 atom stereocenters. The number of Topliss-reactive ketones (excluding diaryl/α,β-unsaturated/α-hetero) is 1. The average molecular weight is 428 g/mol. The Labute approximate surface area is 176 Å². The molecule has 0 radical (unpaired) electrons. The number of ketones is 1. The molecule has 0 aliphatic rings. The van der Waals surface area contributed by atoms with Crippen LogP contribution in [0.3, 0.4) is 0 Å². The van der Waals surface area contributed by atoms with E-state index in [1.54, 1.807) is 45.2 Å². The monoisotopic (exact) mass is 428 g/mol. The summed E-state index contributed by atoms with van der Waals surface area (Å²) in [5, 5.41) is 6.69. The van der Waals surface area contributed by atoms with Crippen molar-refractivity contribution in [3.8, 4) is 17.1 Å². The van der Waals surface area contributed by atoms with Gasteiger partial charge >= 0.3 is 5.97 Å². The summed E-state index contributed by atoms with van der Waals surface area (Å²) in [7, 11) is 1.57. The molecule has 30 heavy (non-hydrogen) atoms. The number of nitrogens with zero attached hydrogens (tertiary/aromatic N) is 1. The number of anilines is 1. The minimum atomic E-state index is -0.604. The van der Waals surface area contributed by atoms with Crippen molar-refractivity contribution in [2.24, 2.45) is 0 Å². The summed E-state index contributed by atoms with van der Waals surface area (Å²) < 4.78 is 15.5. The molecule has 1 aromatic carbocycles. The van der Waals surface area contributed by atoms with Crippen molar-refractivity contribution in [1.29, 1.82) is 0 Å². The molecule has 1 amide bonds. The van der Waals surface area contributed by atoms with E-state index >= 15 is 0 Å². The van der Waals surface area contributed by atoms with Gasteiger partial charge in [-0.3, -0.25) is 9.59 Å². The zero-order chi connectivity index (χ0) is 21.8. The molecule has 0 fully saturated rings. The van der Waals surface area contributed by atoms with Crippen molar-refractivity contribution in [2.45, 2.75) is 20.8 Å². The number of amides is 1. The van der Waals surface area contributed by atoms with Gasteiger partial charge in [-0.1, -0.05) is 5.16 Å². The molecule has 0 spiro atoms. The Balaban J connectivity index is 1.87. The molecule has 9 heteroatoms. The van der Waals surface area contributed by atoms with Crippen molar-refractivity contribution in [3.63, 3.8) is 0 Å². The number of thiophene rings is 1. The van der Waals surface area contributed by atoms with Crippen LogP contribution < -0.4 is 10.1 Å². The smallest absolute Gasteiger partial charge is 0.341 e. The standard InChI is InChI=1S/C21H20N2O6S/c1-5-28-21(26)17-11(2)18(12(3)24)30-20(17)22-19(25)15-10-16(29-23-15)13-6-8-14(27-4)9-7-13/h6-10H,5H2,1-4H3,(H,22,25). The highest BCUT2D eigenvalue weighted by molar-refractivity contribution is 7.18. The van der Waals surface area contributed by atoms with E-state index in [4.69, 9.17) is 14.0 Å². The Morgan fingerprint density at radius 3 is 2.50 bits per heavy atom. The van der Waals surface area contributed by atoms with Crippen molar-refractivity contribution in [2.75, 3.05) is 19.0 Å². The number of benzene rings is 1. The van der Waals surface area contributed by atoms with Crippen molar-refractivity contribution in [1.82, 2.24) is 5.16 Å². The predicted octanol–water partition coefficient (Wildman–Crippen LogP) is 4.35. The van der Waals surface area contributed by atoms with Crippen LogP contribution in [0, 0.1) is 6.92 Å². The molecular weight excluding hydrogens is 408 g/mol. The number of ether oxygens (including phenoxy) is 2. The quantitative estimate of drug-likeness (QED) is 0.440. The van der Waals surface area contributed by atoms with E-state index in [9.17, 15) is 14.4 Å². The highest BCUT2D eigenvalue weighted by Crippen LogP contribution is 2.34. The maximum absolute atomic E-state index is 12.7. The summed E-state index contributed by atoms with van der Waals surface area (Å²) in [4.78, 5) is 37.3. The number of carbonyl (C=O) groups is 3. The summed E-state index contributed by atoms with van der Waals surface area (Å²) in [6, 6.07) is 8.58. The van der Waals surface area contributed by atoms with Crippen molar-refractivity contribution < 1.29 is 28.4 Å². The zero-order valence-electron chi connectivity index (χ0n) is 16.9. The third-order valence-corrected chi connectivity index (χ3v) is 5.60. The Bertz CT molecular complexity index is 1100. The Morgan fingerprint density at radius 1 is 1.20 bits per heavy atom. The van der Waals surface area contributed by atoms with E-state index in [1.807, 2.05) is 0 Å². The lowest BCUT2D eigenvalue weighted by atomic mass is 10.1. The summed E-state index contributed by atoms with van der Waals surface area (Å²) in [5.41, 5.74) is 1.39. The maximum Gasteiger partial charge on any atom is 0.341 e. The molecule has 3 aromatic rings. The van der Waals surface area contributed by atoms with Crippen molar-refractivity contribution in [3.05, 3.63) is 52.0 Å². The van der Waals surface area contributed by atoms with E-state index < -0.39 is 11.9 Å². The Hall–Kier alpha value is -3.46. The van der Waals surface area contributed by atoms with Gasteiger partial charge in [0.1, 0.15) is 10.8 Å². The van der Waals surface area contributed by atoms with Crippen LogP contribution in [0.2, 0.25) is 0 Å².